The minimum atomic E-state index is -0.941. The van der Waals surface area contributed by atoms with Crippen LogP contribution in [0.5, 0.6) is 5.75 Å². The summed E-state index contributed by atoms with van der Waals surface area (Å²) < 4.78 is 24.7. The molecule has 0 saturated carbocycles. The highest BCUT2D eigenvalue weighted by molar-refractivity contribution is 9.10. The number of hydrogen-bond donors (Lipinski definition) is 1. The van der Waals surface area contributed by atoms with Gasteiger partial charge in [0.15, 0.2) is 0 Å². The summed E-state index contributed by atoms with van der Waals surface area (Å²) in [5.74, 6) is -1.79. The number of carbonyl (C=O) groups is 3. The molecule has 9 heteroatoms. The summed E-state index contributed by atoms with van der Waals surface area (Å²) in [6.07, 6.45) is 0.0878. The lowest BCUT2D eigenvalue weighted by atomic mass is 9.92. The predicted octanol–water partition coefficient (Wildman–Crippen LogP) is 5.05. The van der Waals surface area contributed by atoms with Crippen molar-refractivity contribution in [3.05, 3.63) is 99.8 Å². The molecule has 4 rings (SSSR count). The first-order valence-electron chi connectivity index (χ1n) is 12.2. The van der Waals surface area contributed by atoms with Crippen molar-refractivity contribution < 1.29 is 28.2 Å². The molecular weight excluding hydrogens is 555 g/mol. The minimum Gasteiger partial charge on any atom is -0.497 e. The van der Waals surface area contributed by atoms with Gasteiger partial charge in [0.1, 0.15) is 17.6 Å². The lowest BCUT2D eigenvalue weighted by Gasteiger charge is -2.31. The Labute approximate surface area is 229 Å². The zero-order valence-corrected chi connectivity index (χ0v) is 22.6. The van der Waals surface area contributed by atoms with Crippen LogP contribution in [-0.4, -0.2) is 42.4 Å². The number of likely N-dealkylation sites (tertiary alicyclic amines) is 1. The monoisotopic (exact) mass is 582 g/mol. The zero-order chi connectivity index (χ0) is 27.2. The van der Waals surface area contributed by atoms with E-state index in [0.717, 1.165) is 0 Å². The number of hydrogen-bond acceptors (Lipinski definition) is 5. The smallest absolute Gasteiger partial charge is 0.311 e. The molecule has 3 atom stereocenters. The second kappa shape index (κ2) is 12.2. The molecule has 1 N–H and O–H groups in total. The van der Waals surface area contributed by atoms with Crippen molar-refractivity contribution in [1.82, 2.24) is 10.2 Å². The lowest BCUT2D eigenvalue weighted by Crippen LogP contribution is -2.46. The van der Waals surface area contributed by atoms with Crippen LogP contribution in [0.15, 0.2) is 77.3 Å². The Kier molecular flexibility index (Phi) is 8.78. The fraction of sp³-hybridized carbons (Fsp3) is 0.276. The number of nitrogens with zero attached hydrogens (tertiary/aromatic N) is 1. The minimum absolute atomic E-state index is 0.0878. The van der Waals surface area contributed by atoms with Gasteiger partial charge in [-0.15, -0.1) is 0 Å². The van der Waals surface area contributed by atoms with Crippen LogP contribution in [0, 0.1) is 11.7 Å². The topological polar surface area (TPSA) is 84.9 Å². The Morgan fingerprint density at radius 2 is 1.76 bits per heavy atom. The van der Waals surface area contributed by atoms with E-state index < -0.39 is 29.9 Å². The molecule has 3 aromatic carbocycles. The Hall–Kier alpha value is -3.72. The van der Waals surface area contributed by atoms with Crippen LogP contribution >= 0.6 is 15.9 Å². The maximum atomic E-state index is 14.0. The van der Waals surface area contributed by atoms with Crippen molar-refractivity contribution in [2.75, 3.05) is 13.7 Å². The van der Waals surface area contributed by atoms with Crippen LogP contribution in [0.3, 0.4) is 0 Å². The number of nitrogens with one attached hydrogen (secondary N) is 1. The van der Waals surface area contributed by atoms with Gasteiger partial charge in [0.2, 0.25) is 5.91 Å². The Bertz CT molecular complexity index is 1300. The summed E-state index contributed by atoms with van der Waals surface area (Å²) in [7, 11) is 1.55. The standard InChI is InChI=1S/C29H28BrFN2O5/c1-3-38-29(36)24-16-25(27(34)32-17-18-7-11-22(31)12-8-18)33(28(35)20-5-4-6-21(30)15-20)26(24)19-9-13-23(37-2)14-10-19/h4-15,24-26H,3,16-17H2,1-2H3,(H,32,34). The summed E-state index contributed by atoms with van der Waals surface area (Å²) in [6.45, 7) is 2.03. The molecule has 1 heterocycles. The van der Waals surface area contributed by atoms with Gasteiger partial charge in [0, 0.05) is 16.6 Å². The van der Waals surface area contributed by atoms with E-state index in [2.05, 4.69) is 21.2 Å². The average Bonchev–Trinajstić information content (AvgIpc) is 3.33. The van der Waals surface area contributed by atoms with Crippen LogP contribution in [0.25, 0.3) is 0 Å². The van der Waals surface area contributed by atoms with E-state index in [0.29, 0.717) is 26.9 Å². The molecule has 2 amide bonds. The predicted molar refractivity (Wildman–Crippen MR) is 143 cm³/mol. The van der Waals surface area contributed by atoms with Crippen LogP contribution in [0.1, 0.15) is 40.9 Å². The van der Waals surface area contributed by atoms with E-state index in [-0.39, 0.29) is 31.3 Å². The first-order chi connectivity index (χ1) is 18.3. The summed E-state index contributed by atoms with van der Waals surface area (Å²) >= 11 is 3.41. The summed E-state index contributed by atoms with van der Waals surface area (Å²) in [5, 5.41) is 2.85. The molecule has 3 aromatic rings. The molecule has 38 heavy (non-hydrogen) atoms. The van der Waals surface area contributed by atoms with Crippen molar-refractivity contribution in [3.8, 4) is 5.75 Å². The number of methoxy groups -OCH3 is 1. The van der Waals surface area contributed by atoms with Gasteiger partial charge in [0.25, 0.3) is 5.91 Å². The highest BCUT2D eigenvalue weighted by Gasteiger charge is 2.51. The number of esters is 1. The SMILES string of the molecule is CCOC(=O)C1CC(C(=O)NCc2ccc(F)cc2)N(C(=O)c2cccc(Br)c2)C1c1ccc(OC)cc1. The third-order valence-electron chi connectivity index (χ3n) is 6.53. The van der Waals surface area contributed by atoms with Crippen molar-refractivity contribution in [2.24, 2.45) is 5.92 Å². The number of benzene rings is 3. The molecule has 1 fully saturated rings. The van der Waals surface area contributed by atoms with Gasteiger partial charge < -0.3 is 19.7 Å². The lowest BCUT2D eigenvalue weighted by molar-refractivity contribution is -0.148. The van der Waals surface area contributed by atoms with Crippen molar-refractivity contribution >= 4 is 33.7 Å². The highest BCUT2D eigenvalue weighted by Crippen LogP contribution is 2.43. The number of carbonyl (C=O) groups excluding carboxylic acids is 3. The molecule has 0 radical (unpaired) electrons. The highest BCUT2D eigenvalue weighted by atomic mass is 79.9. The van der Waals surface area contributed by atoms with Gasteiger partial charge in [0.05, 0.1) is 25.7 Å². The third-order valence-corrected chi connectivity index (χ3v) is 7.02. The fourth-order valence-corrected chi connectivity index (χ4v) is 5.12. The van der Waals surface area contributed by atoms with E-state index in [1.54, 1.807) is 74.7 Å². The first kappa shape index (κ1) is 27.3. The normalized spacial score (nSPS) is 18.6. The largest absolute Gasteiger partial charge is 0.497 e. The molecule has 3 unspecified atom stereocenters. The molecule has 7 nitrogen and oxygen atoms in total. The molecule has 198 valence electrons. The molecule has 1 aliphatic heterocycles. The van der Waals surface area contributed by atoms with Crippen molar-refractivity contribution in [3.63, 3.8) is 0 Å². The van der Waals surface area contributed by atoms with Gasteiger partial charge in [-0.25, -0.2) is 4.39 Å². The molecule has 0 aliphatic carbocycles. The molecule has 0 bridgehead atoms. The number of ether oxygens (including phenoxy) is 2. The number of amides is 2. The molecule has 0 spiro atoms. The van der Waals surface area contributed by atoms with E-state index >= 15 is 0 Å². The van der Waals surface area contributed by atoms with Gasteiger partial charge in [-0.3, -0.25) is 14.4 Å². The quantitative estimate of drug-likeness (QED) is 0.376. The maximum absolute atomic E-state index is 14.0. The van der Waals surface area contributed by atoms with Gasteiger partial charge in [-0.05, 0) is 66.9 Å². The summed E-state index contributed by atoms with van der Waals surface area (Å²) in [5.41, 5.74) is 1.76. The first-order valence-corrected chi connectivity index (χ1v) is 13.0. The zero-order valence-electron chi connectivity index (χ0n) is 21.0. The molecule has 1 aliphatic rings. The van der Waals surface area contributed by atoms with Crippen molar-refractivity contribution in [2.45, 2.75) is 32.0 Å². The van der Waals surface area contributed by atoms with Crippen LogP contribution < -0.4 is 10.1 Å². The van der Waals surface area contributed by atoms with Gasteiger partial charge in [-0.1, -0.05) is 46.3 Å². The van der Waals surface area contributed by atoms with Crippen molar-refractivity contribution in [1.29, 1.82) is 0 Å². The van der Waals surface area contributed by atoms with E-state index in [9.17, 15) is 18.8 Å². The maximum Gasteiger partial charge on any atom is 0.311 e. The van der Waals surface area contributed by atoms with Crippen LogP contribution in [0.4, 0.5) is 4.39 Å². The number of rotatable bonds is 8. The average molecular weight is 583 g/mol. The Balaban J connectivity index is 1.73. The molecular formula is C29H28BrFN2O5. The second-order valence-electron chi connectivity index (χ2n) is 8.90. The van der Waals surface area contributed by atoms with Gasteiger partial charge in [-0.2, -0.15) is 0 Å². The molecule has 0 aromatic heterocycles. The third kappa shape index (κ3) is 6.05. The van der Waals surface area contributed by atoms with E-state index in [4.69, 9.17) is 9.47 Å². The second-order valence-corrected chi connectivity index (χ2v) is 9.81. The summed E-state index contributed by atoms with van der Waals surface area (Å²) in [6, 6.07) is 18.1. The van der Waals surface area contributed by atoms with Crippen LogP contribution in [0.2, 0.25) is 0 Å². The Morgan fingerprint density at radius 1 is 1.05 bits per heavy atom. The van der Waals surface area contributed by atoms with E-state index in [1.165, 1.54) is 17.0 Å². The Morgan fingerprint density at radius 3 is 2.39 bits per heavy atom. The van der Waals surface area contributed by atoms with Crippen LogP contribution in [-0.2, 0) is 20.9 Å². The van der Waals surface area contributed by atoms with E-state index in [1.807, 2.05) is 0 Å². The number of halogens is 2. The summed E-state index contributed by atoms with van der Waals surface area (Å²) in [4.78, 5) is 42.1. The van der Waals surface area contributed by atoms with Gasteiger partial charge >= 0.3 is 5.97 Å². The molecule has 1 saturated heterocycles. The fourth-order valence-electron chi connectivity index (χ4n) is 4.72.